The number of fused-ring (bicyclic) bond motifs is 1. The summed E-state index contributed by atoms with van der Waals surface area (Å²) in [6, 6.07) is 0.0220. The van der Waals surface area contributed by atoms with Crippen molar-refractivity contribution in [1.82, 2.24) is 9.38 Å². The lowest BCUT2D eigenvalue weighted by Gasteiger charge is -2.17. The van der Waals surface area contributed by atoms with Crippen LogP contribution in [0, 0.1) is 0 Å². The van der Waals surface area contributed by atoms with E-state index in [9.17, 15) is 4.39 Å². The van der Waals surface area contributed by atoms with Gasteiger partial charge in [0.25, 0.3) is 0 Å². The van der Waals surface area contributed by atoms with Crippen LogP contribution in [0.3, 0.4) is 0 Å². The summed E-state index contributed by atoms with van der Waals surface area (Å²) < 4.78 is 16.3. The zero-order chi connectivity index (χ0) is 11.2. The van der Waals surface area contributed by atoms with Gasteiger partial charge in [0.05, 0.1) is 5.69 Å². The molecule has 1 aliphatic carbocycles. The van der Waals surface area contributed by atoms with Crippen molar-refractivity contribution in [3.63, 3.8) is 0 Å². The molecule has 5 heteroatoms. The minimum Gasteiger partial charge on any atom is -0.328 e. The van der Waals surface area contributed by atoms with Crippen LogP contribution >= 0.6 is 11.3 Å². The third-order valence-electron chi connectivity index (χ3n) is 3.23. The Morgan fingerprint density at radius 2 is 2.56 bits per heavy atom. The van der Waals surface area contributed by atoms with E-state index in [0.717, 1.165) is 17.1 Å². The largest absolute Gasteiger partial charge is 0.328 e. The lowest BCUT2D eigenvalue weighted by atomic mass is 9.98. The fourth-order valence-electron chi connectivity index (χ4n) is 2.46. The summed E-state index contributed by atoms with van der Waals surface area (Å²) in [6.07, 6.45) is 6.09. The molecule has 0 spiro atoms. The van der Waals surface area contributed by atoms with Crippen molar-refractivity contribution in [3.8, 4) is 0 Å². The smallest absolute Gasteiger partial charge is 0.193 e. The number of rotatable bonds is 2. The van der Waals surface area contributed by atoms with Crippen molar-refractivity contribution in [1.29, 1.82) is 0 Å². The molecule has 0 saturated heterocycles. The number of nitrogens with zero attached hydrogens (tertiary/aromatic N) is 2. The average Bonchev–Trinajstić information content (AvgIpc) is 2.81. The summed E-state index contributed by atoms with van der Waals surface area (Å²) in [5.41, 5.74) is 5.46. The minimum absolute atomic E-state index is 0.0220. The van der Waals surface area contributed by atoms with E-state index < -0.39 is 5.67 Å². The van der Waals surface area contributed by atoms with Crippen LogP contribution in [0.25, 0.3) is 4.96 Å². The molecule has 1 saturated carbocycles. The number of hydrogen-bond acceptors (Lipinski definition) is 3. The molecule has 16 heavy (non-hydrogen) atoms. The zero-order valence-corrected chi connectivity index (χ0v) is 9.71. The molecule has 0 radical (unpaired) electrons. The number of aromatic nitrogens is 2. The highest BCUT2D eigenvalue weighted by Crippen LogP contribution is 2.35. The second-order valence-electron chi connectivity index (χ2n) is 4.66. The number of nitrogens with two attached hydrogens (primary N) is 1. The van der Waals surface area contributed by atoms with Gasteiger partial charge in [0.1, 0.15) is 5.67 Å². The van der Waals surface area contributed by atoms with E-state index >= 15 is 0 Å². The fourth-order valence-corrected chi connectivity index (χ4v) is 3.18. The number of imidazole rings is 1. The van der Waals surface area contributed by atoms with Crippen LogP contribution in [0.1, 0.15) is 25.0 Å². The first-order valence-electron chi connectivity index (χ1n) is 5.50. The minimum atomic E-state index is -1.14. The summed E-state index contributed by atoms with van der Waals surface area (Å²) in [5, 5.41) is 1.98. The molecule has 0 aliphatic heterocycles. The zero-order valence-electron chi connectivity index (χ0n) is 8.90. The quantitative estimate of drug-likeness (QED) is 0.872. The Labute approximate surface area is 97.1 Å². The van der Waals surface area contributed by atoms with Gasteiger partial charge in [-0.25, -0.2) is 9.37 Å². The van der Waals surface area contributed by atoms with E-state index in [1.165, 1.54) is 0 Å². The van der Waals surface area contributed by atoms with Gasteiger partial charge in [-0.2, -0.15) is 0 Å². The van der Waals surface area contributed by atoms with Gasteiger partial charge in [-0.1, -0.05) is 0 Å². The average molecular weight is 239 g/mol. The molecule has 0 bridgehead atoms. The van der Waals surface area contributed by atoms with Gasteiger partial charge >= 0.3 is 0 Å². The van der Waals surface area contributed by atoms with Crippen LogP contribution in [0.5, 0.6) is 0 Å². The summed E-state index contributed by atoms with van der Waals surface area (Å²) >= 11 is 1.57. The lowest BCUT2D eigenvalue weighted by molar-refractivity contribution is 0.169. The molecule has 3 rings (SSSR count). The maximum atomic E-state index is 14.4. The molecule has 1 fully saturated rings. The summed E-state index contributed by atoms with van der Waals surface area (Å²) in [5.74, 6) is 0. The first-order valence-corrected chi connectivity index (χ1v) is 6.38. The standard InChI is InChI=1S/C11H14FN3S/c12-11(2-1-8(13)5-11)6-9-7-15-3-4-16-10(15)14-9/h3-4,7-8H,1-2,5-6,13H2. The molecule has 2 aromatic rings. The predicted octanol–water partition coefficient (Wildman–Crippen LogP) is 2.16. The molecule has 1 aliphatic rings. The highest BCUT2D eigenvalue weighted by Gasteiger charge is 2.38. The van der Waals surface area contributed by atoms with Gasteiger partial charge in [-0.3, -0.25) is 4.40 Å². The molecule has 3 nitrogen and oxygen atoms in total. The second kappa shape index (κ2) is 3.53. The number of hydrogen-bond donors (Lipinski definition) is 1. The SMILES string of the molecule is NC1CCC(F)(Cc2cn3ccsc3n2)C1. The number of thiazole rings is 1. The van der Waals surface area contributed by atoms with Crippen molar-refractivity contribution < 1.29 is 4.39 Å². The lowest BCUT2D eigenvalue weighted by Crippen LogP contribution is -2.25. The van der Waals surface area contributed by atoms with E-state index in [0.29, 0.717) is 19.3 Å². The third kappa shape index (κ3) is 1.74. The Morgan fingerprint density at radius 1 is 1.69 bits per heavy atom. The highest BCUT2D eigenvalue weighted by atomic mass is 32.1. The first-order chi connectivity index (χ1) is 7.65. The van der Waals surface area contributed by atoms with Gasteiger partial charge in [0, 0.05) is 30.2 Å². The molecule has 0 aromatic carbocycles. The molecule has 2 aromatic heterocycles. The molecule has 2 heterocycles. The fraction of sp³-hybridized carbons (Fsp3) is 0.545. The Bertz CT molecular complexity index is 478. The molecule has 2 N–H and O–H groups in total. The van der Waals surface area contributed by atoms with Gasteiger partial charge < -0.3 is 5.73 Å². The van der Waals surface area contributed by atoms with Crippen LogP contribution in [0.4, 0.5) is 4.39 Å². The summed E-state index contributed by atoms with van der Waals surface area (Å²) in [7, 11) is 0. The summed E-state index contributed by atoms with van der Waals surface area (Å²) in [4.78, 5) is 5.34. The van der Waals surface area contributed by atoms with Gasteiger partial charge in [-0.15, -0.1) is 11.3 Å². The Hall–Kier alpha value is -0.940. The van der Waals surface area contributed by atoms with Crippen molar-refractivity contribution >= 4 is 16.3 Å². The third-order valence-corrected chi connectivity index (χ3v) is 4.00. The topological polar surface area (TPSA) is 43.3 Å². The summed E-state index contributed by atoms with van der Waals surface area (Å²) in [6.45, 7) is 0. The normalized spacial score (nSPS) is 30.2. The first kappa shape index (κ1) is 10.2. The Morgan fingerprint density at radius 3 is 3.25 bits per heavy atom. The van der Waals surface area contributed by atoms with Gasteiger partial charge in [0.2, 0.25) is 0 Å². The van der Waals surface area contributed by atoms with E-state index in [1.54, 1.807) is 11.3 Å². The molecular formula is C11H14FN3S. The van der Waals surface area contributed by atoms with E-state index in [4.69, 9.17) is 5.73 Å². The van der Waals surface area contributed by atoms with Crippen LogP contribution in [-0.4, -0.2) is 21.1 Å². The van der Waals surface area contributed by atoms with E-state index in [1.807, 2.05) is 22.2 Å². The molecule has 2 unspecified atom stereocenters. The van der Waals surface area contributed by atoms with Crippen molar-refractivity contribution in [3.05, 3.63) is 23.5 Å². The molecule has 0 amide bonds. The van der Waals surface area contributed by atoms with E-state index in [2.05, 4.69) is 4.98 Å². The van der Waals surface area contributed by atoms with Crippen LogP contribution < -0.4 is 5.73 Å². The number of halogens is 1. The van der Waals surface area contributed by atoms with Crippen molar-refractivity contribution in [2.24, 2.45) is 5.73 Å². The van der Waals surface area contributed by atoms with Crippen LogP contribution in [0.15, 0.2) is 17.8 Å². The predicted molar refractivity (Wildman–Crippen MR) is 62.4 cm³/mol. The monoisotopic (exact) mass is 239 g/mol. The molecule has 86 valence electrons. The maximum Gasteiger partial charge on any atom is 0.193 e. The van der Waals surface area contributed by atoms with Crippen LogP contribution in [0.2, 0.25) is 0 Å². The van der Waals surface area contributed by atoms with Gasteiger partial charge in [0.15, 0.2) is 4.96 Å². The molecule has 2 atom stereocenters. The Balaban J connectivity index is 1.82. The maximum absolute atomic E-state index is 14.4. The molecular weight excluding hydrogens is 225 g/mol. The van der Waals surface area contributed by atoms with Crippen molar-refractivity contribution in [2.75, 3.05) is 0 Å². The number of alkyl halides is 1. The highest BCUT2D eigenvalue weighted by molar-refractivity contribution is 7.15. The van der Waals surface area contributed by atoms with Crippen LogP contribution in [-0.2, 0) is 6.42 Å². The van der Waals surface area contributed by atoms with E-state index in [-0.39, 0.29) is 6.04 Å². The van der Waals surface area contributed by atoms with Gasteiger partial charge in [-0.05, 0) is 19.3 Å². The Kier molecular flexibility index (Phi) is 2.26. The van der Waals surface area contributed by atoms with Crippen molar-refractivity contribution in [2.45, 2.75) is 37.4 Å². The second-order valence-corrected chi connectivity index (χ2v) is 5.53.